The number of rotatable bonds is 4. The number of carbonyl (C=O) groups is 3. The van der Waals surface area contributed by atoms with Crippen LogP contribution in [0.15, 0.2) is 18.2 Å². The summed E-state index contributed by atoms with van der Waals surface area (Å²) >= 11 is 0. The summed E-state index contributed by atoms with van der Waals surface area (Å²) in [6.45, 7) is 0.508. The van der Waals surface area contributed by atoms with E-state index in [-0.39, 0.29) is 43.7 Å². The molecule has 0 unspecified atom stereocenters. The van der Waals surface area contributed by atoms with Crippen LogP contribution >= 0.6 is 0 Å². The molecule has 0 saturated carbocycles. The predicted octanol–water partition coefficient (Wildman–Crippen LogP) is 2.32. The lowest BCUT2D eigenvalue weighted by molar-refractivity contribution is -0.138. The topological polar surface area (TPSA) is 82.3 Å². The highest BCUT2D eigenvalue weighted by atomic mass is 16.2. The molecule has 0 radical (unpaired) electrons. The summed E-state index contributed by atoms with van der Waals surface area (Å²) in [5.41, 5.74) is 4.12. The Kier molecular flexibility index (Phi) is 4.49. The maximum Gasteiger partial charge on any atom is 0.253 e. The van der Waals surface area contributed by atoms with Gasteiger partial charge in [0, 0.05) is 37.0 Å². The quantitative estimate of drug-likeness (QED) is 0.654. The third kappa shape index (κ3) is 3.00. The van der Waals surface area contributed by atoms with Crippen molar-refractivity contribution in [2.24, 2.45) is 0 Å². The van der Waals surface area contributed by atoms with Crippen molar-refractivity contribution in [3.05, 3.63) is 35.0 Å². The molecule has 6 heteroatoms. The molecule has 136 valence electrons. The van der Waals surface area contributed by atoms with E-state index in [9.17, 15) is 14.4 Å². The Morgan fingerprint density at radius 2 is 1.81 bits per heavy atom. The Bertz CT molecular complexity index is 868. The molecule has 1 aromatic carbocycles. The number of nitrogens with one attached hydrogen (secondary N) is 2. The van der Waals surface area contributed by atoms with Crippen molar-refractivity contribution in [1.82, 2.24) is 15.2 Å². The van der Waals surface area contributed by atoms with E-state index in [0.717, 1.165) is 23.7 Å². The fraction of sp³-hybridized carbons (Fsp3) is 0.450. The van der Waals surface area contributed by atoms with Crippen LogP contribution < -0.4 is 5.32 Å². The minimum Gasteiger partial charge on any atom is -0.358 e. The highest BCUT2D eigenvalue weighted by Gasteiger charge is 2.28. The summed E-state index contributed by atoms with van der Waals surface area (Å²) in [5, 5.41) is 3.99. The van der Waals surface area contributed by atoms with E-state index in [1.165, 1.54) is 35.4 Å². The summed E-state index contributed by atoms with van der Waals surface area (Å²) in [6.07, 6.45) is 6.26. The number of benzene rings is 1. The van der Waals surface area contributed by atoms with E-state index in [1.54, 1.807) is 0 Å². The first-order valence-electron chi connectivity index (χ1n) is 9.39. The smallest absolute Gasteiger partial charge is 0.253 e. The molecule has 2 aromatic rings. The molecule has 0 bridgehead atoms. The first kappa shape index (κ1) is 16.8. The standard InChI is InChI=1S/C20H23N3O3/c24-17-9-10-18(25)23(17)12-11-21-20(26)15-7-4-6-14-13-5-2-1-3-8-16(13)22-19(14)15/h4,6-7,22H,1-3,5,8-12H2,(H,21,26). The molecule has 1 aromatic heterocycles. The monoisotopic (exact) mass is 353 g/mol. The summed E-state index contributed by atoms with van der Waals surface area (Å²) in [6, 6.07) is 5.82. The summed E-state index contributed by atoms with van der Waals surface area (Å²) in [4.78, 5) is 40.6. The van der Waals surface area contributed by atoms with E-state index in [2.05, 4.69) is 16.4 Å². The lowest BCUT2D eigenvalue weighted by Gasteiger charge is -2.14. The summed E-state index contributed by atoms with van der Waals surface area (Å²) in [7, 11) is 0. The molecule has 1 saturated heterocycles. The van der Waals surface area contributed by atoms with E-state index < -0.39 is 0 Å². The molecular weight excluding hydrogens is 330 g/mol. The summed E-state index contributed by atoms with van der Waals surface area (Å²) < 4.78 is 0. The van der Waals surface area contributed by atoms with Crippen LogP contribution in [0.2, 0.25) is 0 Å². The van der Waals surface area contributed by atoms with Gasteiger partial charge in [0.2, 0.25) is 11.8 Å². The Morgan fingerprint density at radius 1 is 1.04 bits per heavy atom. The van der Waals surface area contributed by atoms with E-state index >= 15 is 0 Å². The third-order valence-corrected chi connectivity index (χ3v) is 5.40. The number of amides is 3. The van der Waals surface area contributed by atoms with Crippen molar-refractivity contribution >= 4 is 28.6 Å². The number of aromatic amines is 1. The van der Waals surface area contributed by atoms with Gasteiger partial charge < -0.3 is 10.3 Å². The lowest BCUT2D eigenvalue weighted by atomic mass is 10.0. The SMILES string of the molecule is O=C(NCCN1C(=O)CCC1=O)c1cccc2c3c([nH]c12)CCCCC3. The van der Waals surface area contributed by atoms with Gasteiger partial charge in [-0.2, -0.15) is 0 Å². The number of aryl methyl sites for hydroxylation is 2. The maximum absolute atomic E-state index is 12.7. The van der Waals surface area contributed by atoms with E-state index in [0.29, 0.717) is 5.56 Å². The van der Waals surface area contributed by atoms with Crippen molar-refractivity contribution in [3.63, 3.8) is 0 Å². The molecule has 3 amide bonds. The van der Waals surface area contributed by atoms with Crippen LogP contribution in [-0.2, 0) is 22.4 Å². The van der Waals surface area contributed by atoms with Crippen molar-refractivity contribution in [1.29, 1.82) is 0 Å². The Hall–Kier alpha value is -2.63. The molecule has 0 spiro atoms. The molecule has 2 aliphatic rings. The van der Waals surface area contributed by atoms with Crippen LogP contribution in [0, 0.1) is 0 Å². The average molecular weight is 353 g/mol. The second-order valence-electron chi connectivity index (χ2n) is 7.07. The van der Waals surface area contributed by atoms with Gasteiger partial charge >= 0.3 is 0 Å². The van der Waals surface area contributed by atoms with Crippen molar-refractivity contribution in [2.45, 2.75) is 44.9 Å². The molecule has 0 atom stereocenters. The van der Waals surface area contributed by atoms with Gasteiger partial charge in [-0.1, -0.05) is 18.6 Å². The van der Waals surface area contributed by atoms with Gasteiger partial charge in [0.05, 0.1) is 11.1 Å². The molecule has 6 nitrogen and oxygen atoms in total. The Labute approximate surface area is 151 Å². The van der Waals surface area contributed by atoms with Gasteiger partial charge in [-0.15, -0.1) is 0 Å². The zero-order chi connectivity index (χ0) is 18.1. The minimum absolute atomic E-state index is 0.153. The number of hydrogen-bond donors (Lipinski definition) is 2. The van der Waals surface area contributed by atoms with E-state index in [4.69, 9.17) is 0 Å². The first-order valence-corrected chi connectivity index (χ1v) is 9.39. The largest absolute Gasteiger partial charge is 0.358 e. The number of nitrogens with zero attached hydrogens (tertiary/aromatic N) is 1. The second kappa shape index (κ2) is 6.94. The fourth-order valence-electron chi connectivity index (χ4n) is 4.04. The predicted molar refractivity (Wildman–Crippen MR) is 97.8 cm³/mol. The highest BCUT2D eigenvalue weighted by molar-refractivity contribution is 6.07. The van der Waals surface area contributed by atoms with Crippen molar-refractivity contribution < 1.29 is 14.4 Å². The second-order valence-corrected chi connectivity index (χ2v) is 7.07. The van der Waals surface area contributed by atoms with Gasteiger partial charge in [0.15, 0.2) is 0 Å². The molecule has 1 aliphatic heterocycles. The van der Waals surface area contributed by atoms with Crippen LogP contribution in [-0.4, -0.2) is 40.7 Å². The fourth-order valence-corrected chi connectivity index (χ4v) is 4.04. The molecule has 4 rings (SSSR count). The number of fused-ring (bicyclic) bond motifs is 3. The van der Waals surface area contributed by atoms with E-state index in [1.807, 2.05) is 12.1 Å². The number of aromatic nitrogens is 1. The van der Waals surface area contributed by atoms with Crippen LogP contribution in [0.25, 0.3) is 10.9 Å². The van der Waals surface area contributed by atoms with Crippen LogP contribution in [0.1, 0.15) is 53.7 Å². The molecule has 26 heavy (non-hydrogen) atoms. The number of carbonyl (C=O) groups excluding carboxylic acids is 3. The molecular formula is C20H23N3O3. The maximum atomic E-state index is 12.7. The minimum atomic E-state index is -0.175. The van der Waals surface area contributed by atoms with Crippen LogP contribution in [0.5, 0.6) is 0 Å². The molecule has 1 aliphatic carbocycles. The highest BCUT2D eigenvalue weighted by Crippen LogP contribution is 2.30. The zero-order valence-corrected chi connectivity index (χ0v) is 14.8. The summed E-state index contributed by atoms with van der Waals surface area (Å²) in [5.74, 6) is -0.481. The van der Waals surface area contributed by atoms with Gasteiger partial charge in [-0.3, -0.25) is 19.3 Å². The normalized spacial score (nSPS) is 17.5. The van der Waals surface area contributed by atoms with Crippen molar-refractivity contribution in [2.75, 3.05) is 13.1 Å². The van der Waals surface area contributed by atoms with Crippen molar-refractivity contribution in [3.8, 4) is 0 Å². The van der Waals surface area contributed by atoms with Crippen LogP contribution in [0.3, 0.4) is 0 Å². The van der Waals surface area contributed by atoms with Crippen LogP contribution in [0.4, 0.5) is 0 Å². The molecule has 2 heterocycles. The number of imide groups is 1. The number of likely N-dealkylation sites (tertiary alicyclic amines) is 1. The third-order valence-electron chi connectivity index (χ3n) is 5.40. The number of hydrogen-bond acceptors (Lipinski definition) is 3. The van der Waals surface area contributed by atoms with Gasteiger partial charge in [-0.05, 0) is 37.3 Å². The number of H-pyrrole nitrogens is 1. The molecule has 1 fully saturated rings. The number of para-hydroxylation sites is 1. The molecule has 2 N–H and O–H groups in total. The Balaban J connectivity index is 1.50. The average Bonchev–Trinajstić information content (AvgIpc) is 3.04. The zero-order valence-electron chi connectivity index (χ0n) is 14.8. The van der Waals surface area contributed by atoms with Gasteiger partial charge in [0.1, 0.15) is 0 Å². The first-order chi connectivity index (χ1) is 12.6. The van der Waals surface area contributed by atoms with Gasteiger partial charge in [0.25, 0.3) is 5.91 Å². The van der Waals surface area contributed by atoms with Gasteiger partial charge in [-0.25, -0.2) is 0 Å². The lowest BCUT2D eigenvalue weighted by Crippen LogP contribution is -2.37. The Morgan fingerprint density at radius 3 is 2.62 bits per heavy atom.